The Morgan fingerprint density at radius 3 is 2.57 bits per heavy atom. The van der Waals surface area contributed by atoms with Crippen LogP contribution in [0, 0.1) is 5.92 Å². The van der Waals surface area contributed by atoms with Crippen molar-refractivity contribution in [3.8, 4) is 23.0 Å². The summed E-state index contributed by atoms with van der Waals surface area (Å²) in [5.41, 5.74) is 2.35. The number of hydrogen-bond donors (Lipinski definition) is 0. The van der Waals surface area contributed by atoms with Crippen LogP contribution in [0.2, 0.25) is 0 Å². The molecule has 0 radical (unpaired) electrons. The topological polar surface area (TPSA) is 49.4 Å². The summed E-state index contributed by atoms with van der Waals surface area (Å²) in [6.45, 7) is 5.75. The summed E-state index contributed by atoms with van der Waals surface area (Å²) in [5, 5.41) is 0. The fourth-order valence-electron chi connectivity index (χ4n) is 4.53. The molecule has 2 aromatic rings. The van der Waals surface area contributed by atoms with Crippen molar-refractivity contribution in [2.24, 2.45) is 5.92 Å². The zero-order valence-corrected chi connectivity index (χ0v) is 16.2. The summed E-state index contributed by atoms with van der Waals surface area (Å²) in [5.74, 6) is 3.68. The summed E-state index contributed by atoms with van der Waals surface area (Å²) in [6.07, 6.45) is -0.0204. The smallest absolute Gasteiger partial charge is 0.231 e. The predicted molar refractivity (Wildman–Crippen MR) is 103 cm³/mol. The third-order valence-electron chi connectivity index (χ3n) is 5.92. The van der Waals surface area contributed by atoms with Crippen LogP contribution < -0.4 is 18.9 Å². The van der Waals surface area contributed by atoms with Gasteiger partial charge in [0.25, 0.3) is 0 Å². The van der Waals surface area contributed by atoms with Crippen LogP contribution in [0.15, 0.2) is 36.4 Å². The zero-order chi connectivity index (χ0) is 19.1. The Morgan fingerprint density at radius 1 is 1.00 bits per heavy atom. The average molecular weight is 383 g/mol. The van der Waals surface area contributed by atoms with Crippen LogP contribution >= 0.6 is 0 Å². The van der Waals surface area contributed by atoms with Gasteiger partial charge in [-0.05, 0) is 23.8 Å². The highest BCUT2D eigenvalue weighted by Gasteiger charge is 2.41. The Kier molecular flexibility index (Phi) is 4.53. The maximum absolute atomic E-state index is 6.52. The molecule has 0 amide bonds. The highest BCUT2D eigenvalue weighted by Crippen LogP contribution is 2.50. The van der Waals surface area contributed by atoms with Gasteiger partial charge >= 0.3 is 0 Å². The van der Waals surface area contributed by atoms with Crippen molar-refractivity contribution in [3.63, 3.8) is 0 Å². The van der Waals surface area contributed by atoms with Gasteiger partial charge in [0.1, 0.15) is 11.5 Å². The third kappa shape index (κ3) is 2.97. The first kappa shape index (κ1) is 17.6. The Balaban J connectivity index is 1.60. The summed E-state index contributed by atoms with van der Waals surface area (Å²) in [6, 6.07) is 12.4. The second-order valence-corrected chi connectivity index (χ2v) is 7.51. The van der Waals surface area contributed by atoms with Crippen LogP contribution in [0.3, 0.4) is 0 Å². The molecule has 1 saturated heterocycles. The van der Waals surface area contributed by atoms with E-state index in [-0.39, 0.29) is 24.9 Å². The van der Waals surface area contributed by atoms with Crippen molar-refractivity contribution in [2.75, 3.05) is 40.2 Å². The fourth-order valence-corrected chi connectivity index (χ4v) is 4.53. The Hall–Kier alpha value is -2.44. The van der Waals surface area contributed by atoms with Crippen LogP contribution in [0.1, 0.15) is 24.0 Å². The van der Waals surface area contributed by atoms with Gasteiger partial charge in [-0.3, -0.25) is 4.90 Å². The van der Waals surface area contributed by atoms with Crippen molar-refractivity contribution in [2.45, 2.75) is 19.1 Å². The lowest BCUT2D eigenvalue weighted by Gasteiger charge is -2.44. The molecule has 3 aliphatic rings. The lowest BCUT2D eigenvalue weighted by atomic mass is 9.78. The van der Waals surface area contributed by atoms with Gasteiger partial charge in [0.15, 0.2) is 17.7 Å². The highest BCUT2D eigenvalue weighted by molar-refractivity contribution is 5.56. The molecule has 1 fully saturated rings. The molecule has 28 heavy (non-hydrogen) atoms. The SMILES string of the molecule is COc1cccc([C@H]2c3cc4c(cc3O[C@H](N3CCOCC3)[C@H]2C)OCO4)c1. The molecule has 0 bridgehead atoms. The normalized spacial score (nSPS) is 26.4. The Labute approximate surface area is 164 Å². The van der Waals surface area contributed by atoms with Gasteiger partial charge in [0, 0.05) is 36.6 Å². The van der Waals surface area contributed by atoms with Gasteiger partial charge in [-0.1, -0.05) is 19.1 Å². The van der Waals surface area contributed by atoms with E-state index in [0.717, 1.165) is 54.9 Å². The van der Waals surface area contributed by atoms with E-state index >= 15 is 0 Å². The van der Waals surface area contributed by atoms with E-state index < -0.39 is 0 Å². The molecular formula is C22H25NO5. The molecule has 6 heteroatoms. The molecule has 148 valence electrons. The van der Waals surface area contributed by atoms with Crippen molar-refractivity contribution in [3.05, 3.63) is 47.5 Å². The average Bonchev–Trinajstić information content (AvgIpc) is 3.20. The van der Waals surface area contributed by atoms with Crippen LogP contribution in [0.25, 0.3) is 0 Å². The molecule has 5 rings (SSSR count). The summed E-state index contributed by atoms with van der Waals surface area (Å²) >= 11 is 0. The number of methoxy groups -OCH3 is 1. The van der Waals surface area contributed by atoms with E-state index in [9.17, 15) is 0 Å². The zero-order valence-electron chi connectivity index (χ0n) is 16.2. The number of rotatable bonds is 3. The minimum Gasteiger partial charge on any atom is -0.497 e. The molecule has 0 saturated carbocycles. The molecule has 0 unspecified atom stereocenters. The highest BCUT2D eigenvalue weighted by atomic mass is 16.7. The minimum absolute atomic E-state index is 0.0204. The van der Waals surface area contributed by atoms with Gasteiger partial charge in [-0.2, -0.15) is 0 Å². The Morgan fingerprint density at radius 2 is 1.79 bits per heavy atom. The molecule has 0 spiro atoms. The van der Waals surface area contributed by atoms with E-state index in [2.05, 4.69) is 30.0 Å². The number of hydrogen-bond acceptors (Lipinski definition) is 6. The number of morpholine rings is 1. The lowest BCUT2D eigenvalue weighted by Crippen LogP contribution is -2.52. The number of fused-ring (bicyclic) bond motifs is 2. The van der Waals surface area contributed by atoms with Crippen LogP contribution in [0.5, 0.6) is 23.0 Å². The number of nitrogens with zero attached hydrogens (tertiary/aromatic N) is 1. The lowest BCUT2D eigenvalue weighted by molar-refractivity contribution is -0.0784. The second kappa shape index (κ2) is 7.18. The van der Waals surface area contributed by atoms with Gasteiger partial charge in [-0.25, -0.2) is 0 Å². The quantitative estimate of drug-likeness (QED) is 0.811. The molecule has 6 nitrogen and oxygen atoms in total. The first-order valence-electron chi connectivity index (χ1n) is 9.80. The van der Waals surface area contributed by atoms with E-state index in [1.165, 1.54) is 5.56 Å². The van der Waals surface area contributed by atoms with E-state index in [1.807, 2.05) is 18.2 Å². The van der Waals surface area contributed by atoms with Crippen LogP contribution in [-0.4, -0.2) is 51.3 Å². The second-order valence-electron chi connectivity index (χ2n) is 7.51. The fraction of sp³-hybridized carbons (Fsp3) is 0.455. The Bertz CT molecular complexity index is 864. The maximum Gasteiger partial charge on any atom is 0.231 e. The predicted octanol–water partition coefficient (Wildman–Crippen LogP) is 3.24. The van der Waals surface area contributed by atoms with Crippen molar-refractivity contribution in [1.82, 2.24) is 4.90 Å². The van der Waals surface area contributed by atoms with E-state index in [1.54, 1.807) is 7.11 Å². The van der Waals surface area contributed by atoms with Gasteiger partial charge in [0.2, 0.25) is 6.79 Å². The third-order valence-corrected chi connectivity index (χ3v) is 5.92. The van der Waals surface area contributed by atoms with Crippen molar-refractivity contribution < 1.29 is 23.7 Å². The standard InChI is InChI=1S/C22H25NO5/c1-14-21(15-4-3-5-16(10-15)24-2)17-11-19-20(27-13-26-19)12-18(17)28-22(14)23-6-8-25-9-7-23/h3-5,10-12,14,21-22H,6-9,13H2,1-2H3/t14-,21-,22-/m0/s1. The first-order valence-corrected chi connectivity index (χ1v) is 9.80. The van der Waals surface area contributed by atoms with Crippen molar-refractivity contribution in [1.29, 1.82) is 0 Å². The molecule has 3 aliphatic heterocycles. The number of benzene rings is 2. The monoisotopic (exact) mass is 383 g/mol. The summed E-state index contributed by atoms with van der Waals surface area (Å²) in [7, 11) is 1.70. The van der Waals surface area contributed by atoms with E-state index in [4.69, 9.17) is 23.7 Å². The largest absolute Gasteiger partial charge is 0.497 e. The maximum atomic E-state index is 6.52. The van der Waals surface area contributed by atoms with Gasteiger partial charge in [-0.15, -0.1) is 0 Å². The molecule has 0 aromatic heterocycles. The molecule has 3 atom stereocenters. The van der Waals surface area contributed by atoms with Crippen LogP contribution in [-0.2, 0) is 4.74 Å². The van der Waals surface area contributed by atoms with Crippen LogP contribution in [0.4, 0.5) is 0 Å². The molecular weight excluding hydrogens is 358 g/mol. The molecule has 0 N–H and O–H groups in total. The minimum atomic E-state index is -0.0204. The molecule has 2 aromatic carbocycles. The summed E-state index contributed by atoms with van der Waals surface area (Å²) in [4.78, 5) is 2.38. The number of ether oxygens (including phenoxy) is 5. The van der Waals surface area contributed by atoms with Gasteiger partial charge in [0.05, 0.1) is 20.3 Å². The molecule has 3 heterocycles. The molecule has 0 aliphatic carbocycles. The van der Waals surface area contributed by atoms with Gasteiger partial charge < -0.3 is 23.7 Å². The van der Waals surface area contributed by atoms with Crippen molar-refractivity contribution >= 4 is 0 Å². The summed E-state index contributed by atoms with van der Waals surface area (Å²) < 4.78 is 28.8. The van der Waals surface area contributed by atoms with E-state index in [0.29, 0.717) is 0 Å². The first-order chi connectivity index (χ1) is 13.7.